The van der Waals surface area contributed by atoms with Gasteiger partial charge in [-0.2, -0.15) is 0 Å². The zero-order chi connectivity index (χ0) is 14.4. The summed E-state index contributed by atoms with van der Waals surface area (Å²) in [5.74, 6) is 0.465. The van der Waals surface area contributed by atoms with Crippen molar-refractivity contribution in [3.63, 3.8) is 0 Å². The van der Waals surface area contributed by atoms with Crippen molar-refractivity contribution in [1.29, 1.82) is 0 Å². The molecule has 6 heteroatoms. The van der Waals surface area contributed by atoms with Gasteiger partial charge in [-0.1, -0.05) is 12.8 Å². The Bertz CT molecular complexity index is 453. The van der Waals surface area contributed by atoms with Gasteiger partial charge < -0.3 is 15.3 Å². The van der Waals surface area contributed by atoms with Gasteiger partial charge in [-0.05, 0) is 19.8 Å². The standard InChI is InChI=1S/C14H22N4O2/c1-2-16-13-9-15-8-12(17-13)14(20)18-7-5-3-4-6-11(18)10-19/h8-9,11,19H,2-7,10H2,1H3,(H,16,17). The Morgan fingerprint density at radius 2 is 2.30 bits per heavy atom. The minimum Gasteiger partial charge on any atom is -0.394 e. The van der Waals surface area contributed by atoms with Crippen molar-refractivity contribution in [2.45, 2.75) is 38.6 Å². The van der Waals surface area contributed by atoms with E-state index in [1.165, 1.54) is 6.20 Å². The first-order valence-electron chi connectivity index (χ1n) is 7.24. The fraction of sp³-hybridized carbons (Fsp3) is 0.643. The summed E-state index contributed by atoms with van der Waals surface area (Å²) in [5.41, 5.74) is 0.337. The van der Waals surface area contributed by atoms with E-state index in [1.54, 1.807) is 11.1 Å². The van der Waals surface area contributed by atoms with Crippen LogP contribution < -0.4 is 5.32 Å². The van der Waals surface area contributed by atoms with E-state index in [0.717, 1.165) is 32.2 Å². The normalized spacial score (nSPS) is 19.5. The number of hydrogen-bond acceptors (Lipinski definition) is 5. The number of anilines is 1. The fourth-order valence-corrected chi connectivity index (χ4v) is 2.52. The predicted molar refractivity (Wildman–Crippen MR) is 76.6 cm³/mol. The average molecular weight is 278 g/mol. The van der Waals surface area contributed by atoms with Crippen molar-refractivity contribution in [1.82, 2.24) is 14.9 Å². The molecular weight excluding hydrogens is 256 g/mol. The first-order chi connectivity index (χ1) is 9.76. The molecule has 1 atom stereocenters. The fourth-order valence-electron chi connectivity index (χ4n) is 2.52. The number of carbonyl (C=O) groups is 1. The van der Waals surface area contributed by atoms with Gasteiger partial charge in [0, 0.05) is 13.1 Å². The lowest BCUT2D eigenvalue weighted by Crippen LogP contribution is -2.42. The van der Waals surface area contributed by atoms with Gasteiger partial charge in [0.1, 0.15) is 11.5 Å². The zero-order valence-electron chi connectivity index (χ0n) is 11.9. The number of aliphatic hydroxyl groups excluding tert-OH is 1. The highest BCUT2D eigenvalue weighted by atomic mass is 16.3. The molecule has 0 bridgehead atoms. The van der Waals surface area contributed by atoms with E-state index in [4.69, 9.17) is 0 Å². The van der Waals surface area contributed by atoms with Crippen LogP contribution in [0.4, 0.5) is 5.82 Å². The van der Waals surface area contributed by atoms with Gasteiger partial charge >= 0.3 is 0 Å². The molecule has 1 amide bonds. The number of aliphatic hydroxyl groups is 1. The molecule has 1 fully saturated rings. The maximum Gasteiger partial charge on any atom is 0.274 e. The Morgan fingerprint density at radius 1 is 1.45 bits per heavy atom. The molecule has 0 saturated carbocycles. The smallest absolute Gasteiger partial charge is 0.274 e. The quantitative estimate of drug-likeness (QED) is 0.867. The third-order valence-corrected chi connectivity index (χ3v) is 3.56. The molecule has 1 aromatic rings. The maximum atomic E-state index is 12.6. The van der Waals surface area contributed by atoms with Gasteiger partial charge in [0.2, 0.25) is 0 Å². The van der Waals surface area contributed by atoms with Crippen molar-refractivity contribution in [3.8, 4) is 0 Å². The Morgan fingerprint density at radius 3 is 3.05 bits per heavy atom. The van der Waals surface area contributed by atoms with Gasteiger partial charge in [0.25, 0.3) is 5.91 Å². The summed E-state index contributed by atoms with van der Waals surface area (Å²) in [6.07, 6.45) is 7.07. The van der Waals surface area contributed by atoms with Gasteiger partial charge in [-0.25, -0.2) is 4.98 Å². The van der Waals surface area contributed by atoms with Crippen LogP contribution in [0.2, 0.25) is 0 Å². The number of hydrogen-bond donors (Lipinski definition) is 2. The molecule has 0 aromatic carbocycles. The summed E-state index contributed by atoms with van der Waals surface area (Å²) in [5, 5.41) is 12.5. The van der Waals surface area contributed by atoms with Crippen LogP contribution in [0.1, 0.15) is 43.1 Å². The predicted octanol–water partition coefficient (Wildman–Crippen LogP) is 1.29. The second kappa shape index (κ2) is 7.19. The lowest BCUT2D eigenvalue weighted by Gasteiger charge is -2.28. The molecule has 110 valence electrons. The Kier molecular flexibility index (Phi) is 5.29. The summed E-state index contributed by atoms with van der Waals surface area (Å²) in [4.78, 5) is 22.7. The molecule has 1 aromatic heterocycles. The second-order valence-electron chi connectivity index (χ2n) is 5.00. The first kappa shape index (κ1) is 14.7. The largest absolute Gasteiger partial charge is 0.394 e. The van der Waals surface area contributed by atoms with Crippen molar-refractivity contribution in [2.75, 3.05) is 25.0 Å². The summed E-state index contributed by atoms with van der Waals surface area (Å²) in [7, 11) is 0. The molecule has 1 saturated heterocycles. The summed E-state index contributed by atoms with van der Waals surface area (Å²) in [6, 6.07) is -0.102. The summed E-state index contributed by atoms with van der Waals surface area (Å²) in [6.45, 7) is 3.38. The highest BCUT2D eigenvalue weighted by Crippen LogP contribution is 2.18. The van der Waals surface area contributed by atoms with Crippen LogP contribution in [0.3, 0.4) is 0 Å². The minimum absolute atomic E-state index is 0.00602. The summed E-state index contributed by atoms with van der Waals surface area (Å²) < 4.78 is 0. The number of aromatic nitrogens is 2. The molecule has 1 aliphatic rings. The lowest BCUT2D eigenvalue weighted by atomic mass is 10.1. The molecular formula is C14H22N4O2. The Labute approximate surface area is 119 Å². The van der Waals surface area contributed by atoms with Crippen molar-refractivity contribution < 1.29 is 9.90 Å². The highest BCUT2D eigenvalue weighted by molar-refractivity contribution is 5.92. The van der Waals surface area contributed by atoms with Gasteiger partial charge in [0.15, 0.2) is 0 Å². The SMILES string of the molecule is CCNc1cncc(C(=O)N2CCCCCC2CO)n1. The van der Waals surface area contributed by atoms with Crippen LogP contribution in [-0.4, -0.2) is 51.6 Å². The van der Waals surface area contributed by atoms with Crippen LogP contribution in [0.15, 0.2) is 12.4 Å². The van der Waals surface area contributed by atoms with E-state index in [2.05, 4.69) is 15.3 Å². The first-order valence-corrected chi connectivity index (χ1v) is 7.24. The van der Waals surface area contributed by atoms with Crippen LogP contribution in [-0.2, 0) is 0 Å². The van der Waals surface area contributed by atoms with E-state index in [9.17, 15) is 9.90 Å². The van der Waals surface area contributed by atoms with E-state index in [-0.39, 0.29) is 18.6 Å². The topological polar surface area (TPSA) is 78.4 Å². The molecule has 6 nitrogen and oxygen atoms in total. The maximum absolute atomic E-state index is 12.6. The number of nitrogens with zero attached hydrogens (tertiary/aromatic N) is 3. The van der Waals surface area contributed by atoms with Crippen LogP contribution >= 0.6 is 0 Å². The van der Waals surface area contributed by atoms with Gasteiger partial charge in [-0.3, -0.25) is 9.78 Å². The highest BCUT2D eigenvalue weighted by Gasteiger charge is 2.26. The number of rotatable bonds is 4. The molecule has 0 radical (unpaired) electrons. The van der Waals surface area contributed by atoms with Gasteiger partial charge in [0.05, 0.1) is 25.0 Å². The average Bonchev–Trinajstić information content (AvgIpc) is 2.72. The molecule has 2 rings (SSSR count). The molecule has 1 unspecified atom stereocenters. The van der Waals surface area contributed by atoms with Crippen molar-refractivity contribution in [3.05, 3.63) is 18.1 Å². The third kappa shape index (κ3) is 3.45. The zero-order valence-corrected chi connectivity index (χ0v) is 11.9. The van der Waals surface area contributed by atoms with Crippen LogP contribution in [0.5, 0.6) is 0 Å². The van der Waals surface area contributed by atoms with Crippen molar-refractivity contribution >= 4 is 11.7 Å². The number of nitrogens with one attached hydrogen (secondary N) is 1. The second-order valence-corrected chi connectivity index (χ2v) is 5.00. The number of likely N-dealkylation sites (tertiary alicyclic amines) is 1. The molecule has 0 spiro atoms. The van der Waals surface area contributed by atoms with Crippen molar-refractivity contribution in [2.24, 2.45) is 0 Å². The molecule has 2 N–H and O–H groups in total. The Balaban J connectivity index is 2.17. The Hall–Kier alpha value is -1.69. The van der Waals surface area contributed by atoms with Gasteiger partial charge in [-0.15, -0.1) is 0 Å². The monoisotopic (exact) mass is 278 g/mol. The van der Waals surface area contributed by atoms with E-state index in [1.807, 2.05) is 6.92 Å². The molecule has 2 heterocycles. The lowest BCUT2D eigenvalue weighted by molar-refractivity contribution is 0.0593. The number of amides is 1. The van der Waals surface area contributed by atoms with Crippen LogP contribution in [0.25, 0.3) is 0 Å². The van der Waals surface area contributed by atoms with E-state index < -0.39 is 0 Å². The van der Waals surface area contributed by atoms with E-state index >= 15 is 0 Å². The van der Waals surface area contributed by atoms with Crippen LogP contribution in [0, 0.1) is 0 Å². The minimum atomic E-state index is -0.141. The number of carbonyl (C=O) groups excluding carboxylic acids is 1. The molecule has 0 aliphatic carbocycles. The molecule has 20 heavy (non-hydrogen) atoms. The molecule has 1 aliphatic heterocycles. The third-order valence-electron chi connectivity index (χ3n) is 3.56. The van der Waals surface area contributed by atoms with E-state index in [0.29, 0.717) is 18.1 Å². The summed E-state index contributed by atoms with van der Waals surface area (Å²) >= 11 is 0.